The predicted octanol–water partition coefficient (Wildman–Crippen LogP) is 3.20. The van der Waals surface area contributed by atoms with Crippen LogP contribution in [0, 0.1) is 5.92 Å². The molecule has 0 bridgehead atoms. The summed E-state index contributed by atoms with van der Waals surface area (Å²) in [4.78, 5) is 11.8. The normalized spacial score (nSPS) is 18.2. The van der Waals surface area contributed by atoms with E-state index in [1.807, 2.05) is 0 Å². The zero-order valence-corrected chi connectivity index (χ0v) is 11.2. The van der Waals surface area contributed by atoms with Crippen LogP contribution in [0.3, 0.4) is 0 Å². The fourth-order valence-corrected chi connectivity index (χ4v) is 2.67. The smallest absolute Gasteiger partial charge is 0.435 e. The molecule has 0 radical (unpaired) electrons. The molecule has 0 N–H and O–H groups in total. The summed E-state index contributed by atoms with van der Waals surface area (Å²) in [5, 5.41) is 3.48. The Morgan fingerprint density at radius 2 is 2.15 bits per heavy atom. The molecule has 2 rings (SSSR count). The van der Waals surface area contributed by atoms with Crippen LogP contribution in [0.2, 0.25) is 0 Å². The molecule has 112 valence electrons. The molecule has 1 saturated carbocycles. The number of hydrogen-bond donors (Lipinski definition) is 0. The van der Waals surface area contributed by atoms with Crippen LogP contribution in [-0.4, -0.2) is 22.9 Å². The first-order valence-corrected chi connectivity index (χ1v) is 6.62. The lowest BCUT2D eigenvalue weighted by atomic mass is 9.98. The minimum absolute atomic E-state index is 0.345. The van der Waals surface area contributed by atoms with Gasteiger partial charge in [0.15, 0.2) is 5.69 Å². The molecule has 1 fully saturated rings. The molecule has 4 nitrogen and oxygen atoms in total. The van der Waals surface area contributed by atoms with Crippen molar-refractivity contribution in [2.75, 3.05) is 7.11 Å². The number of alkyl halides is 3. The van der Waals surface area contributed by atoms with Crippen molar-refractivity contribution in [1.82, 2.24) is 9.78 Å². The van der Waals surface area contributed by atoms with Crippen LogP contribution < -0.4 is 0 Å². The van der Waals surface area contributed by atoms with E-state index >= 15 is 0 Å². The van der Waals surface area contributed by atoms with E-state index in [1.165, 1.54) is 13.3 Å². The van der Waals surface area contributed by atoms with E-state index in [2.05, 4.69) is 5.10 Å². The quantitative estimate of drug-likeness (QED) is 0.800. The van der Waals surface area contributed by atoms with Crippen molar-refractivity contribution in [1.29, 1.82) is 0 Å². The second-order valence-electron chi connectivity index (χ2n) is 5.10. The molecule has 0 amide bonds. The van der Waals surface area contributed by atoms with Gasteiger partial charge >= 0.3 is 12.1 Å². The van der Waals surface area contributed by atoms with Crippen molar-refractivity contribution in [3.05, 3.63) is 18.0 Å². The predicted molar refractivity (Wildman–Crippen MR) is 64.9 cm³/mol. The Balaban J connectivity index is 2.17. The summed E-state index contributed by atoms with van der Waals surface area (Å²) in [7, 11) is 1.23. The van der Waals surface area contributed by atoms with Gasteiger partial charge in [-0.05, 0) is 18.4 Å². The van der Waals surface area contributed by atoms with E-state index in [0.717, 1.165) is 36.4 Å². The number of carbonyl (C=O) groups excluding carboxylic acids is 1. The lowest BCUT2D eigenvalue weighted by molar-refractivity contribution is -0.147. The van der Waals surface area contributed by atoms with Gasteiger partial charge in [-0.15, -0.1) is 0 Å². The summed E-state index contributed by atoms with van der Waals surface area (Å²) in [6, 6.07) is 0.101. The molecule has 1 aliphatic carbocycles. The molecule has 1 aliphatic rings. The molecule has 0 saturated heterocycles. The van der Waals surface area contributed by atoms with Gasteiger partial charge in [0.1, 0.15) is 6.04 Å². The fraction of sp³-hybridized carbons (Fsp3) is 0.692. The number of esters is 1. The average Bonchev–Trinajstić information content (AvgIpc) is 3.05. The van der Waals surface area contributed by atoms with Crippen molar-refractivity contribution in [2.45, 2.75) is 44.3 Å². The van der Waals surface area contributed by atoms with Gasteiger partial charge in [-0.1, -0.05) is 25.7 Å². The minimum atomic E-state index is -4.50. The van der Waals surface area contributed by atoms with E-state index in [0.29, 0.717) is 12.3 Å². The Hall–Kier alpha value is -1.53. The van der Waals surface area contributed by atoms with Crippen LogP contribution in [0.4, 0.5) is 13.2 Å². The standard InChI is InChI=1S/C13H17F3N2O2/c1-20-12(19)10(8-9-4-2-3-5-9)18-7-6-11(17-18)13(14,15)16/h6-7,9-10H,2-5,8H2,1H3. The average molecular weight is 290 g/mol. The number of carbonyl (C=O) groups is 1. The highest BCUT2D eigenvalue weighted by atomic mass is 19.4. The summed E-state index contributed by atoms with van der Waals surface area (Å²) in [6.07, 6.45) is 1.38. The molecule has 1 heterocycles. The van der Waals surface area contributed by atoms with Gasteiger partial charge in [-0.2, -0.15) is 18.3 Å². The molecule has 1 unspecified atom stereocenters. The van der Waals surface area contributed by atoms with Crippen LogP contribution in [0.15, 0.2) is 12.3 Å². The van der Waals surface area contributed by atoms with Crippen LogP contribution in [-0.2, 0) is 15.7 Å². The van der Waals surface area contributed by atoms with E-state index in [-0.39, 0.29) is 0 Å². The van der Waals surface area contributed by atoms with Gasteiger partial charge in [0.05, 0.1) is 7.11 Å². The van der Waals surface area contributed by atoms with Crippen molar-refractivity contribution >= 4 is 5.97 Å². The Bertz CT molecular complexity index is 464. The lowest BCUT2D eigenvalue weighted by Crippen LogP contribution is -2.24. The molecular weight excluding hydrogens is 273 g/mol. The number of ether oxygens (including phenoxy) is 1. The van der Waals surface area contributed by atoms with E-state index < -0.39 is 23.9 Å². The number of aromatic nitrogens is 2. The first kappa shape index (κ1) is 14.9. The second-order valence-corrected chi connectivity index (χ2v) is 5.10. The van der Waals surface area contributed by atoms with Crippen LogP contribution in [0.1, 0.15) is 43.8 Å². The van der Waals surface area contributed by atoms with Crippen molar-refractivity contribution < 1.29 is 22.7 Å². The fourth-order valence-electron chi connectivity index (χ4n) is 2.67. The van der Waals surface area contributed by atoms with Crippen molar-refractivity contribution in [2.24, 2.45) is 5.92 Å². The second kappa shape index (κ2) is 5.85. The van der Waals surface area contributed by atoms with Crippen molar-refractivity contribution in [3.63, 3.8) is 0 Å². The molecule has 1 aromatic heterocycles. The topological polar surface area (TPSA) is 44.1 Å². The number of hydrogen-bond acceptors (Lipinski definition) is 3. The van der Waals surface area contributed by atoms with Gasteiger partial charge in [0.2, 0.25) is 0 Å². The Labute approximate surface area is 114 Å². The monoisotopic (exact) mass is 290 g/mol. The molecule has 0 aliphatic heterocycles. The van der Waals surface area contributed by atoms with Crippen LogP contribution in [0.5, 0.6) is 0 Å². The molecule has 1 atom stereocenters. The molecular formula is C13H17F3N2O2. The summed E-state index contributed by atoms with van der Waals surface area (Å²) in [6.45, 7) is 0. The summed E-state index contributed by atoms with van der Waals surface area (Å²) < 4.78 is 43.4. The maximum atomic E-state index is 12.6. The van der Waals surface area contributed by atoms with Gasteiger partial charge in [-0.3, -0.25) is 4.68 Å². The third-order valence-corrected chi connectivity index (χ3v) is 3.72. The molecule has 1 aromatic rings. The maximum absolute atomic E-state index is 12.6. The third-order valence-electron chi connectivity index (χ3n) is 3.72. The largest absolute Gasteiger partial charge is 0.467 e. The third kappa shape index (κ3) is 3.32. The highest BCUT2D eigenvalue weighted by molar-refractivity contribution is 5.73. The maximum Gasteiger partial charge on any atom is 0.435 e. The number of rotatable bonds is 4. The van der Waals surface area contributed by atoms with E-state index in [4.69, 9.17) is 4.74 Å². The summed E-state index contributed by atoms with van der Waals surface area (Å²) in [5.41, 5.74) is -0.988. The van der Waals surface area contributed by atoms with E-state index in [9.17, 15) is 18.0 Å². The highest BCUT2D eigenvalue weighted by Crippen LogP contribution is 2.33. The van der Waals surface area contributed by atoms with Crippen LogP contribution >= 0.6 is 0 Å². The molecule has 7 heteroatoms. The summed E-state index contributed by atoms with van der Waals surface area (Å²) in [5.74, 6) is -0.202. The molecule has 20 heavy (non-hydrogen) atoms. The Kier molecular flexibility index (Phi) is 4.35. The van der Waals surface area contributed by atoms with E-state index in [1.54, 1.807) is 0 Å². The zero-order valence-electron chi connectivity index (χ0n) is 11.2. The minimum Gasteiger partial charge on any atom is -0.467 e. The SMILES string of the molecule is COC(=O)C(CC1CCCC1)n1ccc(C(F)(F)F)n1. The first-order chi connectivity index (χ1) is 9.41. The number of nitrogens with zero attached hydrogens (tertiary/aromatic N) is 2. The zero-order chi connectivity index (χ0) is 14.8. The van der Waals surface area contributed by atoms with Crippen molar-refractivity contribution in [3.8, 4) is 0 Å². The van der Waals surface area contributed by atoms with Crippen LogP contribution in [0.25, 0.3) is 0 Å². The van der Waals surface area contributed by atoms with Gasteiger partial charge in [0, 0.05) is 6.20 Å². The summed E-state index contributed by atoms with van der Waals surface area (Å²) >= 11 is 0. The lowest BCUT2D eigenvalue weighted by Gasteiger charge is -2.19. The Morgan fingerprint density at radius 1 is 1.50 bits per heavy atom. The Morgan fingerprint density at radius 3 is 2.65 bits per heavy atom. The van der Waals surface area contributed by atoms with Gasteiger partial charge < -0.3 is 4.74 Å². The number of halogens is 3. The van der Waals surface area contributed by atoms with Gasteiger partial charge in [0.25, 0.3) is 0 Å². The molecule has 0 spiro atoms. The first-order valence-electron chi connectivity index (χ1n) is 6.62. The van der Waals surface area contributed by atoms with Gasteiger partial charge in [-0.25, -0.2) is 4.79 Å². The molecule has 0 aromatic carbocycles. The highest BCUT2D eigenvalue weighted by Gasteiger charge is 2.35. The number of methoxy groups -OCH3 is 1.